The number of nitrogens with zero attached hydrogens (tertiary/aromatic N) is 2. The van der Waals surface area contributed by atoms with Crippen LogP contribution in [0.1, 0.15) is 127 Å². The molecule has 4 saturated heterocycles. The van der Waals surface area contributed by atoms with Crippen molar-refractivity contribution in [3.05, 3.63) is 131 Å². The zero-order valence-corrected chi connectivity index (χ0v) is 38.8. The van der Waals surface area contributed by atoms with Crippen LogP contribution in [0.2, 0.25) is 0 Å². The van der Waals surface area contributed by atoms with Crippen molar-refractivity contribution in [3.63, 3.8) is 0 Å². The average Bonchev–Trinajstić information content (AvgIpc) is 3.85. The van der Waals surface area contributed by atoms with E-state index in [1.54, 1.807) is 46.2 Å². The summed E-state index contributed by atoms with van der Waals surface area (Å²) < 4.78 is 50.6. The van der Waals surface area contributed by atoms with Gasteiger partial charge in [0.25, 0.3) is 0 Å². The zero-order chi connectivity index (χ0) is 47.3. The lowest BCUT2D eigenvalue weighted by atomic mass is 9.87. The molecule has 66 heavy (non-hydrogen) atoms. The third kappa shape index (κ3) is 10.7. The van der Waals surface area contributed by atoms with Crippen LogP contribution in [0.4, 0.5) is 18.4 Å². The van der Waals surface area contributed by atoms with Crippen LogP contribution in [0.15, 0.2) is 97.1 Å². The Balaban J connectivity index is 0.000000196. The molecule has 8 rings (SSSR count). The molecule has 4 aromatic carbocycles. The van der Waals surface area contributed by atoms with Gasteiger partial charge in [0, 0.05) is 24.2 Å². The second-order valence-electron chi connectivity index (χ2n) is 19.5. The lowest BCUT2D eigenvalue weighted by molar-refractivity contribution is -0.135. The van der Waals surface area contributed by atoms with Crippen molar-refractivity contribution in [2.45, 2.75) is 140 Å². The van der Waals surface area contributed by atoms with Gasteiger partial charge in [0.1, 0.15) is 58.6 Å². The second kappa shape index (κ2) is 19.7. The largest absolute Gasteiger partial charge is 0.489 e. The highest BCUT2D eigenvalue weighted by Gasteiger charge is 2.57. The molecule has 0 saturated carbocycles. The van der Waals surface area contributed by atoms with Crippen molar-refractivity contribution in [1.82, 2.24) is 20.4 Å². The summed E-state index contributed by atoms with van der Waals surface area (Å²) in [5.41, 5.74) is -0.306. The molecule has 14 heteroatoms. The smallest absolute Gasteiger partial charge is 0.411 e. The topological polar surface area (TPSA) is 136 Å². The molecule has 0 bridgehead atoms. The molecule has 352 valence electrons. The predicted octanol–water partition coefficient (Wildman–Crippen LogP) is 10.3. The van der Waals surface area contributed by atoms with Crippen LogP contribution in [-0.4, -0.2) is 69.2 Å². The Morgan fingerprint density at radius 3 is 1.27 bits per heavy atom. The van der Waals surface area contributed by atoms with Gasteiger partial charge in [-0.05, 0) is 140 Å². The summed E-state index contributed by atoms with van der Waals surface area (Å²) in [4.78, 5) is 55.8. The van der Waals surface area contributed by atoms with E-state index in [0.29, 0.717) is 74.2 Å². The van der Waals surface area contributed by atoms with Crippen molar-refractivity contribution in [2.24, 2.45) is 0 Å². The first-order chi connectivity index (χ1) is 31.4. The fourth-order valence-corrected chi connectivity index (χ4v) is 9.49. The molecule has 4 amide bonds. The highest BCUT2D eigenvalue weighted by Crippen LogP contribution is 2.49. The summed E-state index contributed by atoms with van der Waals surface area (Å²) in [6, 6.07) is 27.3. The first-order valence-corrected chi connectivity index (χ1v) is 22.9. The van der Waals surface area contributed by atoms with Gasteiger partial charge >= 0.3 is 12.2 Å². The monoisotopic (exact) mass is 908 g/mol. The molecule has 4 heterocycles. The zero-order valence-electron chi connectivity index (χ0n) is 38.8. The molecule has 2 N–H and O–H groups in total. The van der Waals surface area contributed by atoms with E-state index in [0.717, 1.165) is 24.0 Å². The Kier molecular flexibility index (Phi) is 14.3. The number of likely N-dealkylation sites (tertiary alicyclic amines) is 2. The first-order valence-electron chi connectivity index (χ1n) is 22.9. The van der Waals surface area contributed by atoms with E-state index in [-0.39, 0.29) is 48.7 Å². The quantitative estimate of drug-likeness (QED) is 0.178. The number of hydrogen-bond donors (Lipinski definition) is 2. The molecule has 0 aliphatic carbocycles. The summed E-state index contributed by atoms with van der Waals surface area (Å²) in [7, 11) is 0. The molecule has 12 nitrogen and oxygen atoms in total. The number of carbonyl (C=O) groups is 4. The van der Waals surface area contributed by atoms with Gasteiger partial charge < -0.3 is 29.6 Å². The van der Waals surface area contributed by atoms with E-state index in [1.807, 2.05) is 90.1 Å². The van der Waals surface area contributed by atoms with Gasteiger partial charge in [-0.3, -0.25) is 19.4 Å². The Morgan fingerprint density at radius 1 is 0.576 bits per heavy atom. The van der Waals surface area contributed by atoms with Crippen LogP contribution in [0.3, 0.4) is 0 Å². The summed E-state index contributed by atoms with van der Waals surface area (Å²) in [5, 5.41) is 5.88. The Labute approximate surface area is 386 Å². The maximum Gasteiger partial charge on any atom is 0.411 e. The number of carbonyl (C=O) groups excluding carboxylic acids is 4. The van der Waals surface area contributed by atoms with Crippen LogP contribution in [0.5, 0.6) is 11.5 Å². The predicted molar refractivity (Wildman–Crippen MR) is 244 cm³/mol. The maximum atomic E-state index is 13.8. The van der Waals surface area contributed by atoms with Gasteiger partial charge in [0.2, 0.25) is 11.8 Å². The number of ether oxygens (including phenoxy) is 4. The number of halogens is 2. The van der Waals surface area contributed by atoms with Gasteiger partial charge in [-0.25, -0.2) is 18.4 Å². The minimum Gasteiger partial charge on any atom is -0.489 e. The second-order valence-corrected chi connectivity index (χ2v) is 19.5. The van der Waals surface area contributed by atoms with Crippen LogP contribution in [0, 0.1) is 11.6 Å². The van der Waals surface area contributed by atoms with Crippen molar-refractivity contribution in [3.8, 4) is 11.5 Å². The van der Waals surface area contributed by atoms with Gasteiger partial charge in [-0.1, -0.05) is 60.7 Å². The van der Waals surface area contributed by atoms with Gasteiger partial charge in [0.05, 0.1) is 12.1 Å². The molecule has 4 aliphatic rings. The number of rotatable bonds is 8. The highest BCUT2D eigenvalue weighted by molar-refractivity contribution is 5.92. The number of nitrogens with one attached hydrogen (secondary N) is 2. The highest BCUT2D eigenvalue weighted by atomic mass is 19.1. The normalized spacial score (nSPS) is 22.8. The fourth-order valence-electron chi connectivity index (χ4n) is 9.49. The van der Waals surface area contributed by atoms with Gasteiger partial charge in [0.15, 0.2) is 0 Å². The van der Waals surface area contributed by atoms with Gasteiger partial charge in [-0.15, -0.1) is 0 Å². The van der Waals surface area contributed by atoms with Crippen LogP contribution in [0.25, 0.3) is 0 Å². The third-order valence-corrected chi connectivity index (χ3v) is 12.6. The van der Waals surface area contributed by atoms with Crippen molar-refractivity contribution in [1.29, 1.82) is 0 Å². The average molecular weight is 909 g/mol. The Morgan fingerprint density at radius 2 is 0.939 bits per heavy atom. The SMILES string of the molecule is CC(C)(C)OC(=O)N1[C@@H](c2ccc(OCc3ccccc3F)cc2)CC[C@]12CCCNC2=O.CC(C)(C)OC(=O)N1[C@H](c2ccc(OCc3ccccc3F)cc2)CC[C@]12CCCNC2=O. The van der Waals surface area contributed by atoms with E-state index in [2.05, 4.69) is 10.6 Å². The number of benzene rings is 4. The van der Waals surface area contributed by atoms with Crippen molar-refractivity contribution >= 4 is 24.0 Å². The summed E-state index contributed by atoms with van der Waals surface area (Å²) >= 11 is 0. The lowest BCUT2D eigenvalue weighted by Gasteiger charge is -2.42. The Bertz CT molecular complexity index is 2200. The molecule has 4 aliphatic heterocycles. The van der Waals surface area contributed by atoms with Gasteiger partial charge in [-0.2, -0.15) is 0 Å². The van der Waals surface area contributed by atoms with E-state index in [9.17, 15) is 28.0 Å². The summed E-state index contributed by atoms with van der Waals surface area (Å²) in [6.07, 6.45) is 4.47. The van der Waals surface area contributed by atoms with Crippen LogP contribution >= 0.6 is 0 Å². The molecule has 0 radical (unpaired) electrons. The minimum absolute atomic E-state index is 0.105. The van der Waals surface area contributed by atoms with Crippen molar-refractivity contribution < 1.29 is 46.9 Å². The van der Waals surface area contributed by atoms with E-state index >= 15 is 0 Å². The first kappa shape index (κ1) is 47.8. The molecular formula is C52H62F2N4O8. The fraction of sp³-hybridized carbons (Fsp3) is 0.462. The molecule has 4 atom stereocenters. The van der Waals surface area contributed by atoms with Crippen molar-refractivity contribution in [2.75, 3.05) is 13.1 Å². The molecule has 0 aromatic heterocycles. The molecule has 4 fully saturated rings. The van der Waals surface area contributed by atoms with Crippen LogP contribution in [-0.2, 0) is 32.3 Å². The Hall–Kier alpha value is -6.18. The molecular weight excluding hydrogens is 847 g/mol. The van der Waals surface area contributed by atoms with E-state index in [4.69, 9.17) is 18.9 Å². The number of amides is 4. The summed E-state index contributed by atoms with van der Waals surface area (Å²) in [6.45, 7) is 12.5. The standard InChI is InChI=1S/2C26H31FN2O4/c2*1-25(2,3)33-24(31)29-22(13-15-26(29)14-6-16-28-23(26)30)18-9-11-20(12-10-18)32-17-19-7-4-5-8-21(19)27/h2*4-5,7-12,22H,6,13-17H2,1-3H3,(H,28,30)/t22-,26+;22-,26-/m10/s1. The molecule has 4 aromatic rings. The lowest BCUT2D eigenvalue weighted by Crippen LogP contribution is -2.61. The maximum absolute atomic E-state index is 13.8. The third-order valence-electron chi connectivity index (χ3n) is 12.6. The van der Waals surface area contributed by atoms with E-state index < -0.39 is 34.5 Å². The molecule has 0 unspecified atom stereocenters. The molecule has 2 spiro atoms. The number of piperidine rings is 2. The summed E-state index contributed by atoms with van der Waals surface area (Å²) in [5.74, 6) is 0.398. The minimum atomic E-state index is -0.884. The number of hydrogen-bond acceptors (Lipinski definition) is 8. The van der Waals surface area contributed by atoms with Crippen LogP contribution < -0.4 is 20.1 Å². The van der Waals surface area contributed by atoms with E-state index in [1.165, 1.54) is 12.1 Å².